The van der Waals surface area contributed by atoms with E-state index in [0.29, 0.717) is 12.8 Å². The number of amides is 2. The summed E-state index contributed by atoms with van der Waals surface area (Å²) in [6, 6.07) is 8.08. The van der Waals surface area contributed by atoms with Crippen LogP contribution in [0.4, 0.5) is 0 Å². The van der Waals surface area contributed by atoms with Gasteiger partial charge in [0.1, 0.15) is 12.1 Å². The van der Waals surface area contributed by atoms with Gasteiger partial charge in [-0.3, -0.25) is 9.59 Å². The summed E-state index contributed by atoms with van der Waals surface area (Å²) in [6.07, 6.45) is 1.73. The Morgan fingerprint density at radius 3 is 2.21 bits per heavy atom. The van der Waals surface area contributed by atoms with Gasteiger partial charge in [0.15, 0.2) is 0 Å². The van der Waals surface area contributed by atoms with Gasteiger partial charge in [0, 0.05) is 6.92 Å². The number of aryl methyl sites for hydroxylation is 1. The molecule has 0 unspecified atom stereocenters. The Kier molecular flexibility index (Phi) is 7.95. The van der Waals surface area contributed by atoms with Gasteiger partial charge in [0.25, 0.3) is 0 Å². The molecule has 0 fully saturated rings. The normalized spacial score (nSPS) is 13.2. The third kappa shape index (κ3) is 6.81. The molecular weight excluding hydrogens is 308 g/mol. The van der Waals surface area contributed by atoms with E-state index in [-0.39, 0.29) is 11.8 Å². The highest BCUT2D eigenvalue weighted by atomic mass is 16.4. The molecule has 0 aliphatic heterocycles. The topological polar surface area (TPSA) is 95.5 Å². The van der Waals surface area contributed by atoms with Gasteiger partial charge < -0.3 is 15.7 Å². The van der Waals surface area contributed by atoms with Crippen molar-refractivity contribution in [3.05, 3.63) is 35.9 Å². The van der Waals surface area contributed by atoms with E-state index in [9.17, 15) is 19.5 Å². The van der Waals surface area contributed by atoms with Gasteiger partial charge in [-0.15, -0.1) is 0 Å². The highest BCUT2D eigenvalue weighted by Crippen LogP contribution is 2.08. The maximum Gasteiger partial charge on any atom is 0.326 e. The third-order valence-electron chi connectivity index (χ3n) is 3.72. The van der Waals surface area contributed by atoms with Crippen molar-refractivity contribution in [2.75, 3.05) is 0 Å². The summed E-state index contributed by atoms with van der Waals surface area (Å²) in [5, 5.41) is 14.4. The van der Waals surface area contributed by atoms with Crippen molar-refractivity contribution in [1.29, 1.82) is 0 Å². The molecule has 2 atom stereocenters. The minimum absolute atomic E-state index is 0.132. The van der Waals surface area contributed by atoms with Crippen molar-refractivity contribution in [3.8, 4) is 0 Å². The SMILES string of the molecule is CC(=O)N[C@@H](C(=O)N[C@H](CCCc1ccccc1)C(=O)O)C(C)C. The van der Waals surface area contributed by atoms with E-state index in [4.69, 9.17) is 0 Å². The fourth-order valence-corrected chi connectivity index (χ4v) is 2.43. The van der Waals surface area contributed by atoms with Crippen molar-refractivity contribution in [2.45, 2.75) is 52.1 Å². The zero-order chi connectivity index (χ0) is 18.1. The summed E-state index contributed by atoms with van der Waals surface area (Å²) in [6.45, 7) is 4.92. The van der Waals surface area contributed by atoms with Crippen molar-refractivity contribution < 1.29 is 19.5 Å². The van der Waals surface area contributed by atoms with Crippen LogP contribution in [0.1, 0.15) is 39.2 Å². The van der Waals surface area contributed by atoms with Gasteiger partial charge in [0.05, 0.1) is 0 Å². The fourth-order valence-electron chi connectivity index (χ4n) is 2.43. The van der Waals surface area contributed by atoms with Gasteiger partial charge in [-0.25, -0.2) is 4.79 Å². The van der Waals surface area contributed by atoms with Crippen LogP contribution in [0.5, 0.6) is 0 Å². The Hall–Kier alpha value is -2.37. The van der Waals surface area contributed by atoms with E-state index in [2.05, 4.69) is 10.6 Å². The first kappa shape index (κ1) is 19.7. The lowest BCUT2D eigenvalue weighted by atomic mass is 10.0. The molecular formula is C18H26N2O4. The number of benzene rings is 1. The van der Waals surface area contributed by atoms with Gasteiger partial charge in [-0.2, -0.15) is 0 Å². The third-order valence-corrected chi connectivity index (χ3v) is 3.72. The number of aliphatic carboxylic acids is 1. The first-order chi connectivity index (χ1) is 11.3. The highest BCUT2D eigenvalue weighted by molar-refractivity contribution is 5.90. The fraction of sp³-hybridized carbons (Fsp3) is 0.500. The molecule has 0 aromatic heterocycles. The quantitative estimate of drug-likeness (QED) is 0.641. The molecule has 0 aliphatic rings. The molecule has 6 nitrogen and oxygen atoms in total. The van der Waals surface area contributed by atoms with E-state index < -0.39 is 24.0 Å². The molecule has 6 heteroatoms. The van der Waals surface area contributed by atoms with E-state index in [1.807, 2.05) is 30.3 Å². The summed E-state index contributed by atoms with van der Waals surface area (Å²) in [4.78, 5) is 34.9. The molecule has 1 aromatic rings. The number of hydrogen-bond acceptors (Lipinski definition) is 3. The van der Waals surface area contributed by atoms with E-state index in [0.717, 1.165) is 12.0 Å². The van der Waals surface area contributed by atoms with Crippen molar-refractivity contribution in [1.82, 2.24) is 10.6 Å². The predicted octanol–water partition coefficient (Wildman–Crippen LogP) is 1.74. The average Bonchev–Trinajstić information content (AvgIpc) is 2.51. The first-order valence-electron chi connectivity index (χ1n) is 8.15. The molecule has 0 heterocycles. The molecule has 2 amide bonds. The van der Waals surface area contributed by atoms with Crippen LogP contribution in [0.3, 0.4) is 0 Å². The lowest BCUT2D eigenvalue weighted by Gasteiger charge is -2.23. The molecule has 1 rings (SSSR count). The summed E-state index contributed by atoms with van der Waals surface area (Å²) in [5.41, 5.74) is 1.13. The molecule has 132 valence electrons. The number of nitrogens with one attached hydrogen (secondary N) is 2. The average molecular weight is 334 g/mol. The zero-order valence-electron chi connectivity index (χ0n) is 14.4. The summed E-state index contributed by atoms with van der Waals surface area (Å²) in [5.74, 6) is -1.98. The van der Waals surface area contributed by atoms with Crippen LogP contribution < -0.4 is 10.6 Å². The van der Waals surface area contributed by atoms with E-state index >= 15 is 0 Å². The molecule has 0 aliphatic carbocycles. The summed E-state index contributed by atoms with van der Waals surface area (Å²) in [7, 11) is 0. The Bertz CT molecular complexity index is 557. The molecule has 3 N–H and O–H groups in total. The molecule has 0 spiro atoms. The van der Waals surface area contributed by atoms with E-state index in [1.54, 1.807) is 13.8 Å². The van der Waals surface area contributed by atoms with Crippen LogP contribution in [0.25, 0.3) is 0 Å². The van der Waals surface area contributed by atoms with Gasteiger partial charge in [-0.05, 0) is 30.7 Å². The number of carbonyl (C=O) groups is 3. The zero-order valence-corrected chi connectivity index (χ0v) is 14.4. The Morgan fingerprint density at radius 1 is 1.08 bits per heavy atom. The van der Waals surface area contributed by atoms with Crippen LogP contribution in [0.2, 0.25) is 0 Å². The largest absolute Gasteiger partial charge is 0.480 e. The molecule has 24 heavy (non-hydrogen) atoms. The maximum absolute atomic E-state index is 12.3. The summed E-state index contributed by atoms with van der Waals surface area (Å²) < 4.78 is 0. The standard InChI is InChI=1S/C18H26N2O4/c1-12(2)16(19-13(3)21)17(22)20-15(18(23)24)11-7-10-14-8-5-4-6-9-14/h4-6,8-9,12,15-16H,7,10-11H2,1-3H3,(H,19,21)(H,20,22)(H,23,24)/t15-,16-/m1/s1. The van der Waals surface area contributed by atoms with Crippen LogP contribution >= 0.6 is 0 Å². The number of carboxylic acid groups (broad SMARTS) is 1. The molecule has 1 aromatic carbocycles. The lowest BCUT2D eigenvalue weighted by Crippen LogP contribution is -2.53. The Balaban J connectivity index is 2.59. The lowest BCUT2D eigenvalue weighted by molar-refractivity contribution is -0.142. The Morgan fingerprint density at radius 2 is 1.71 bits per heavy atom. The maximum atomic E-state index is 12.3. The minimum atomic E-state index is -1.07. The highest BCUT2D eigenvalue weighted by Gasteiger charge is 2.27. The Labute approximate surface area is 142 Å². The molecule has 0 bridgehead atoms. The van der Waals surface area contributed by atoms with E-state index in [1.165, 1.54) is 6.92 Å². The molecule has 0 saturated carbocycles. The second-order valence-electron chi connectivity index (χ2n) is 6.20. The molecule has 0 saturated heterocycles. The van der Waals surface area contributed by atoms with Crippen LogP contribution in [-0.4, -0.2) is 35.0 Å². The van der Waals surface area contributed by atoms with Crippen molar-refractivity contribution >= 4 is 17.8 Å². The molecule has 0 radical (unpaired) electrons. The van der Waals surface area contributed by atoms with Crippen molar-refractivity contribution in [2.24, 2.45) is 5.92 Å². The summed E-state index contributed by atoms with van der Waals surface area (Å²) >= 11 is 0. The van der Waals surface area contributed by atoms with Crippen molar-refractivity contribution in [3.63, 3.8) is 0 Å². The number of carbonyl (C=O) groups excluding carboxylic acids is 2. The van der Waals surface area contributed by atoms with Crippen LogP contribution in [0.15, 0.2) is 30.3 Å². The van der Waals surface area contributed by atoms with Crippen LogP contribution in [0, 0.1) is 5.92 Å². The van der Waals surface area contributed by atoms with Crippen LogP contribution in [-0.2, 0) is 20.8 Å². The monoisotopic (exact) mass is 334 g/mol. The second-order valence-corrected chi connectivity index (χ2v) is 6.20. The smallest absolute Gasteiger partial charge is 0.326 e. The van der Waals surface area contributed by atoms with Gasteiger partial charge in [0.2, 0.25) is 11.8 Å². The number of rotatable bonds is 9. The number of carboxylic acids is 1. The predicted molar refractivity (Wildman–Crippen MR) is 91.4 cm³/mol. The minimum Gasteiger partial charge on any atom is -0.480 e. The first-order valence-corrected chi connectivity index (χ1v) is 8.15. The van der Waals surface area contributed by atoms with Gasteiger partial charge in [-0.1, -0.05) is 44.2 Å². The second kappa shape index (κ2) is 9.70. The number of hydrogen-bond donors (Lipinski definition) is 3. The van der Waals surface area contributed by atoms with Gasteiger partial charge >= 0.3 is 5.97 Å².